The van der Waals surface area contributed by atoms with Crippen molar-refractivity contribution in [1.82, 2.24) is 9.80 Å². The monoisotopic (exact) mass is 322 g/mol. The lowest BCUT2D eigenvalue weighted by Crippen LogP contribution is -2.42. The highest BCUT2D eigenvalue weighted by atomic mass is 32.2. The number of ether oxygens (including phenoxy) is 1. The van der Waals surface area contributed by atoms with Gasteiger partial charge in [0, 0.05) is 31.1 Å². The van der Waals surface area contributed by atoms with E-state index in [9.17, 15) is 0 Å². The van der Waals surface area contributed by atoms with Crippen LogP contribution >= 0.6 is 11.8 Å². The third kappa shape index (κ3) is 5.77. The van der Waals surface area contributed by atoms with Crippen LogP contribution in [0.25, 0.3) is 0 Å². The molecule has 1 heterocycles. The molecule has 0 saturated carbocycles. The van der Waals surface area contributed by atoms with Gasteiger partial charge in [0.25, 0.3) is 0 Å². The van der Waals surface area contributed by atoms with E-state index in [4.69, 9.17) is 10.5 Å². The zero-order valence-corrected chi connectivity index (χ0v) is 14.3. The van der Waals surface area contributed by atoms with Crippen LogP contribution in [0.4, 0.5) is 0 Å². The molecule has 0 aromatic heterocycles. The molecule has 5 nitrogen and oxygen atoms in total. The Bertz CT molecular complexity index is 487. The molecule has 1 aromatic rings. The Balaban J connectivity index is 1.86. The molecule has 0 atom stereocenters. The Labute approximate surface area is 137 Å². The molecule has 6 heteroatoms. The molecule has 1 fully saturated rings. The van der Waals surface area contributed by atoms with Gasteiger partial charge >= 0.3 is 0 Å². The Morgan fingerprint density at radius 3 is 2.86 bits per heavy atom. The highest BCUT2D eigenvalue weighted by Crippen LogP contribution is 2.14. The average molecular weight is 322 g/mol. The normalized spacial score (nSPS) is 16.1. The van der Waals surface area contributed by atoms with Crippen molar-refractivity contribution >= 4 is 17.7 Å². The smallest absolute Gasteiger partial charge is 0.191 e. The van der Waals surface area contributed by atoms with E-state index in [-0.39, 0.29) is 0 Å². The van der Waals surface area contributed by atoms with Gasteiger partial charge in [-0.3, -0.25) is 0 Å². The zero-order chi connectivity index (χ0) is 15.8. The number of likely N-dealkylation sites (N-methyl/N-ethyl adjacent to an activating group) is 1. The van der Waals surface area contributed by atoms with Gasteiger partial charge in [0.2, 0.25) is 0 Å². The second kappa shape index (κ2) is 8.90. The van der Waals surface area contributed by atoms with Gasteiger partial charge in [-0.2, -0.15) is 11.8 Å². The van der Waals surface area contributed by atoms with Gasteiger partial charge in [0.1, 0.15) is 12.4 Å². The van der Waals surface area contributed by atoms with Crippen LogP contribution < -0.4 is 10.5 Å². The Hall–Kier alpha value is -1.40. The molecule has 122 valence electrons. The van der Waals surface area contributed by atoms with Crippen molar-refractivity contribution in [2.75, 3.05) is 51.8 Å². The topological polar surface area (TPSA) is 54.1 Å². The number of rotatable bonds is 6. The first-order chi connectivity index (χ1) is 10.6. The van der Waals surface area contributed by atoms with Gasteiger partial charge in [-0.05, 0) is 31.8 Å². The summed E-state index contributed by atoms with van der Waals surface area (Å²) in [5.41, 5.74) is 7.20. The lowest BCUT2D eigenvalue weighted by molar-refractivity contribution is 0.261. The minimum atomic E-state index is 0.598. The molecule has 1 aliphatic heterocycles. The van der Waals surface area contributed by atoms with E-state index in [2.05, 4.69) is 20.9 Å². The molecular weight excluding hydrogens is 296 g/mol. The Morgan fingerprint density at radius 1 is 1.36 bits per heavy atom. The van der Waals surface area contributed by atoms with E-state index in [0.717, 1.165) is 42.5 Å². The fraction of sp³-hybridized carbons (Fsp3) is 0.562. The van der Waals surface area contributed by atoms with Crippen LogP contribution in [-0.2, 0) is 6.54 Å². The minimum absolute atomic E-state index is 0.598. The number of hydrogen-bond donors (Lipinski definition) is 1. The molecular formula is C16H26N4OS. The van der Waals surface area contributed by atoms with Gasteiger partial charge in [-0.25, -0.2) is 4.99 Å². The van der Waals surface area contributed by atoms with E-state index in [1.165, 1.54) is 0 Å². The summed E-state index contributed by atoms with van der Waals surface area (Å²) in [5, 5.41) is 0. The van der Waals surface area contributed by atoms with Gasteiger partial charge in [0.05, 0.1) is 6.54 Å². The minimum Gasteiger partial charge on any atom is -0.492 e. The van der Waals surface area contributed by atoms with Crippen LogP contribution in [0.1, 0.15) is 5.56 Å². The fourth-order valence-corrected chi connectivity index (χ4v) is 3.05. The molecule has 1 aromatic carbocycles. The molecule has 0 unspecified atom stereocenters. The molecule has 0 spiro atoms. The third-order valence-corrected chi connectivity index (χ3v) is 4.41. The molecule has 1 saturated heterocycles. The third-order valence-electron chi connectivity index (χ3n) is 3.46. The summed E-state index contributed by atoms with van der Waals surface area (Å²) in [5.74, 6) is 3.80. The summed E-state index contributed by atoms with van der Waals surface area (Å²) >= 11 is 1.97. The number of benzene rings is 1. The molecule has 0 aliphatic carbocycles. The predicted octanol–water partition coefficient (Wildman–Crippen LogP) is 1.49. The lowest BCUT2D eigenvalue weighted by atomic mass is 10.2. The van der Waals surface area contributed by atoms with Crippen molar-refractivity contribution in [1.29, 1.82) is 0 Å². The number of thioether (sulfide) groups is 1. The largest absolute Gasteiger partial charge is 0.492 e. The van der Waals surface area contributed by atoms with Crippen LogP contribution in [-0.4, -0.2) is 67.6 Å². The maximum Gasteiger partial charge on any atom is 0.191 e. The highest BCUT2D eigenvalue weighted by molar-refractivity contribution is 7.99. The predicted molar refractivity (Wildman–Crippen MR) is 94.7 cm³/mol. The zero-order valence-electron chi connectivity index (χ0n) is 13.5. The molecule has 2 N–H and O–H groups in total. The summed E-state index contributed by atoms with van der Waals surface area (Å²) < 4.78 is 5.75. The number of aliphatic imine (C=N–C) groups is 1. The SMILES string of the molecule is CN(C)CCOc1cccc(CN=C(N)N2CCSCC2)c1. The van der Waals surface area contributed by atoms with E-state index in [0.29, 0.717) is 19.1 Å². The number of guanidine groups is 1. The summed E-state index contributed by atoms with van der Waals surface area (Å²) in [6.45, 7) is 4.18. The van der Waals surface area contributed by atoms with Gasteiger partial charge in [-0.15, -0.1) is 0 Å². The van der Waals surface area contributed by atoms with Gasteiger partial charge in [0.15, 0.2) is 5.96 Å². The molecule has 0 amide bonds. The second-order valence-electron chi connectivity index (χ2n) is 5.57. The van der Waals surface area contributed by atoms with E-state index < -0.39 is 0 Å². The maximum atomic E-state index is 6.08. The second-order valence-corrected chi connectivity index (χ2v) is 6.80. The number of hydrogen-bond acceptors (Lipinski definition) is 4. The first-order valence-electron chi connectivity index (χ1n) is 7.64. The van der Waals surface area contributed by atoms with Crippen molar-refractivity contribution in [3.63, 3.8) is 0 Å². The molecule has 0 bridgehead atoms. The lowest BCUT2D eigenvalue weighted by Gasteiger charge is -2.27. The quantitative estimate of drug-likeness (QED) is 0.635. The fourth-order valence-electron chi connectivity index (χ4n) is 2.14. The van der Waals surface area contributed by atoms with Crippen molar-refractivity contribution in [2.24, 2.45) is 10.7 Å². The van der Waals surface area contributed by atoms with Crippen LogP contribution in [0.2, 0.25) is 0 Å². The van der Waals surface area contributed by atoms with Crippen LogP contribution in [0, 0.1) is 0 Å². The van der Waals surface area contributed by atoms with Crippen LogP contribution in [0.15, 0.2) is 29.3 Å². The van der Waals surface area contributed by atoms with Gasteiger partial charge in [-0.1, -0.05) is 12.1 Å². The maximum absolute atomic E-state index is 6.08. The van der Waals surface area contributed by atoms with E-state index in [1.54, 1.807) is 0 Å². The Morgan fingerprint density at radius 2 is 2.14 bits per heavy atom. The van der Waals surface area contributed by atoms with Crippen molar-refractivity contribution in [3.05, 3.63) is 29.8 Å². The Kier molecular flexibility index (Phi) is 6.86. The first-order valence-corrected chi connectivity index (χ1v) is 8.79. The summed E-state index contributed by atoms with van der Waals surface area (Å²) in [7, 11) is 4.08. The standard InChI is InChI=1S/C16H26N4OS/c1-19(2)6-9-21-15-5-3-4-14(12-15)13-18-16(17)20-7-10-22-11-8-20/h3-5,12H,6-11,13H2,1-2H3,(H2,17,18). The van der Waals surface area contributed by atoms with E-state index in [1.807, 2.05) is 44.1 Å². The summed E-state index contributed by atoms with van der Waals surface area (Å²) in [4.78, 5) is 8.78. The first kappa shape index (κ1) is 17.0. The van der Waals surface area contributed by atoms with E-state index >= 15 is 0 Å². The molecule has 1 aliphatic rings. The average Bonchev–Trinajstić information content (AvgIpc) is 2.53. The van der Waals surface area contributed by atoms with Crippen molar-refractivity contribution in [2.45, 2.75) is 6.54 Å². The molecule has 22 heavy (non-hydrogen) atoms. The van der Waals surface area contributed by atoms with Crippen molar-refractivity contribution < 1.29 is 4.74 Å². The molecule has 0 radical (unpaired) electrons. The molecule has 2 rings (SSSR count). The van der Waals surface area contributed by atoms with Crippen LogP contribution in [0.5, 0.6) is 5.75 Å². The number of nitrogens with two attached hydrogens (primary N) is 1. The van der Waals surface area contributed by atoms with Gasteiger partial charge < -0.3 is 20.3 Å². The summed E-state index contributed by atoms with van der Waals surface area (Å²) in [6.07, 6.45) is 0. The van der Waals surface area contributed by atoms with Crippen molar-refractivity contribution in [3.8, 4) is 5.75 Å². The number of nitrogens with zero attached hydrogens (tertiary/aromatic N) is 3. The highest BCUT2D eigenvalue weighted by Gasteiger charge is 2.11. The summed E-state index contributed by atoms with van der Waals surface area (Å²) in [6, 6.07) is 8.08. The van der Waals surface area contributed by atoms with Crippen LogP contribution in [0.3, 0.4) is 0 Å².